The fourth-order valence-electron chi connectivity index (χ4n) is 4.05. The van der Waals surface area contributed by atoms with Crippen molar-refractivity contribution in [3.63, 3.8) is 0 Å². The molecule has 0 spiro atoms. The minimum absolute atomic E-state index is 0.293. The van der Waals surface area contributed by atoms with E-state index in [-0.39, 0.29) is 12.5 Å². The Balaban J connectivity index is 1.30. The number of carbonyl (C=O) groups is 3. The molecule has 34 heavy (non-hydrogen) atoms. The maximum absolute atomic E-state index is 13.3. The normalized spacial score (nSPS) is 19.8. The summed E-state index contributed by atoms with van der Waals surface area (Å²) in [7, 11) is 1.63. The Morgan fingerprint density at radius 2 is 1.94 bits per heavy atom. The molecule has 3 heterocycles. The molecule has 0 saturated carbocycles. The predicted molar refractivity (Wildman–Crippen MR) is 126 cm³/mol. The quantitative estimate of drug-likeness (QED) is 0.564. The van der Waals surface area contributed by atoms with Crippen molar-refractivity contribution in [2.24, 2.45) is 0 Å². The van der Waals surface area contributed by atoms with Crippen LogP contribution in [0.2, 0.25) is 0 Å². The van der Waals surface area contributed by atoms with Crippen LogP contribution in [0, 0.1) is 0 Å². The largest absolute Gasteiger partial charge is 0.490 e. The summed E-state index contributed by atoms with van der Waals surface area (Å²) in [6, 6.07) is 12.3. The van der Waals surface area contributed by atoms with E-state index in [0.29, 0.717) is 36.8 Å². The fraction of sp³-hybridized carbons (Fsp3) is 0.333. The van der Waals surface area contributed by atoms with Crippen LogP contribution in [0.3, 0.4) is 0 Å². The van der Waals surface area contributed by atoms with Gasteiger partial charge in [0.25, 0.3) is 5.91 Å². The van der Waals surface area contributed by atoms with Crippen molar-refractivity contribution in [1.29, 1.82) is 0 Å². The molecular weight excluding hydrogens is 456 g/mol. The van der Waals surface area contributed by atoms with E-state index >= 15 is 0 Å². The number of nitrogens with one attached hydrogen (secondary N) is 1. The molecule has 0 unspecified atom stereocenters. The lowest BCUT2D eigenvalue weighted by atomic mass is 9.91. The lowest BCUT2D eigenvalue weighted by molar-refractivity contribution is -0.138. The summed E-state index contributed by atoms with van der Waals surface area (Å²) in [6.45, 7) is 2.63. The van der Waals surface area contributed by atoms with E-state index < -0.39 is 17.5 Å². The molecule has 2 aliphatic heterocycles. The molecule has 176 valence electrons. The zero-order valence-corrected chi connectivity index (χ0v) is 19.7. The zero-order chi connectivity index (χ0) is 23.9. The number of fused-ring (bicyclic) bond motifs is 2. The molecule has 9 nitrogen and oxygen atoms in total. The van der Waals surface area contributed by atoms with Crippen LogP contribution in [-0.2, 0) is 21.7 Å². The van der Waals surface area contributed by atoms with Gasteiger partial charge in [-0.3, -0.25) is 14.5 Å². The van der Waals surface area contributed by atoms with Gasteiger partial charge < -0.3 is 19.7 Å². The monoisotopic (exact) mass is 480 g/mol. The van der Waals surface area contributed by atoms with Gasteiger partial charge in [-0.05, 0) is 36.8 Å². The standard InChI is InChI=1S/C24H24N4O5S/c1-24(15-8-9-17-18(12-15)33-11-5-10-32-17)22(30)28(23(31)26-24)14-21(29)27(2)13-20-25-16-6-3-4-7-19(16)34-20/h3-4,6-9,12H,5,10-11,13-14H2,1-2H3,(H,26,31)/t24-/m0/s1. The number of carbonyl (C=O) groups excluding carboxylic acids is 3. The molecule has 0 aliphatic carbocycles. The first-order chi connectivity index (χ1) is 16.3. The Labute approximate surface area is 200 Å². The molecule has 10 heteroatoms. The first-order valence-electron chi connectivity index (χ1n) is 11.0. The summed E-state index contributed by atoms with van der Waals surface area (Å²) >= 11 is 1.51. The van der Waals surface area contributed by atoms with Gasteiger partial charge in [-0.2, -0.15) is 0 Å². The number of thiazole rings is 1. The zero-order valence-electron chi connectivity index (χ0n) is 18.9. The molecular formula is C24H24N4O5S. The maximum Gasteiger partial charge on any atom is 0.325 e. The van der Waals surface area contributed by atoms with Crippen molar-refractivity contribution in [3.05, 3.63) is 53.0 Å². The van der Waals surface area contributed by atoms with Crippen molar-refractivity contribution < 1.29 is 23.9 Å². The van der Waals surface area contributed by atoms with Crippen molar-refractivity contribution in [2.45, 2.75) is 25.4 Å². The summed E-state index contributed by atoms with van der Waals surface area (Å²) in [4.78, 5) is 45.9. The summed E-state index contributed by atoms with van der Waals surface area (Å²) in [5, 5.41) is 3.52. The number of amides is 4. The minimum Gasteiger partial charge on any atom is -0.490 e. The molecule has 0 radical (unpaired) electrons. The highest BCUT2D eigenvalue weighted by Gasteiger charge is 2.50. The van der Waals surface area contributed by atoms with Crippen LogP contribution in [0.15, 0.2) is 42.5 Å². The van der Waals surface area contributed by atoms with Crippen LogP contribution >= 0.6 is 11.3 Å². The van der Waals surface area contributed by atoms with E-state index in [9.17, 15) is 14.4 Å². The van der Waals surface area contributed by atoms with Crippen molar-refractivity contribution in [1.82, 2.24) is 20.1 Å². The average molecular weight is 481 g/mol. The van der Waals surface area contributed by atoms with Crippen molar-refractivity contribution in [2.75, 3.05) is 26.8 Å². The number of para-hydroxylation sites is 1. The van der Waals surface area contributed by atoms with E-state index in [1.165, 1.54) is 16.2 Å². The molecule has 5 rings (SSSR count). The third-order valence-electron chi connectivity index (χ3n) is 6.03. The van der Waals surface area contributed by atoms with Crippen molar-refractivity contribution >= 4 is 39.4 Å². The van der Waals surface area contributed by atoms with Crippen LogP contribution in [0.25, 0.3) is 10.2 Å². The average Bonchev–Trinajstić information content (AvgIpc) is 3.20. The predicted octanol–water partition coefficient (Wildman–Crippen LogP) is 2.88. The Morgan fingerprint density at radius 1 is 1.18 bits per heavy atom. The number of rotatable bonds is 5. The van der Waals surface area contributed by atoms with Crippen LogP contribution in [0.1, 0.15) is 23.9 Å². The van der Waals surface area contributed by atoms with Gasteiger partial charge in [0.1, 0.15) is 17.1 Å². The number of ether oxygens (including phenoxy) is 2. The van der Waals surface area contributed by atoms with Crippen LogP contribution in [0.5, 0.6) is 11.5 Å². The molecule has 1 N–H and O–H groups in total. The second-order valence-corrected chi connectivity index (χ2v) is 9.60. The minimum atomic E-state index is -1.31. The summed E-state index contributed by atoms with van der Waals surface area (Å²) in [6.07, 6.45) is 0.761. The number of urea groups is 1. The summed E-state index contributed by atoms with van der Waals surface area (Å²) in [5.41, 5.74) is 0.129. The lowest BCUT2D eigenvalue weighted by Gasteiger charge is -2.24. The SMILES string of the molecule is CN(Cc1nc2ccccc2s1)C(=O)CN1C(=O)N[C@@](C)(c2ccc3c(c2)OCCCO3)C1=O. The molecule has 4 amide bonds. The van der Waals surface area contributed by atoms with E-state index in [1.54, 1.807) is 32.2 Å². The first-order valence-corrected chi connectivity index (χ1v) is 11.8. The number of hydrogen-bond donors (Lipinski definition) is 1. The topological polar surface area (TPSA) is 101 Å². The van der Waals surface area contributed by atoms with Crippen LogP contribution in [-0.4, -0.2) is 59.4 Å². The summed E-state index contributed by atoms with van der Waals surface area (Å²) < 4.78 is 12.4. The lowest BCUT2D eigenvalue weighted by Crippen LogP contribution is -2.43. The molecule has 1 atom stereocenters. The van der Waals surface area contributed by atoms with E-state index in [4.69, 9.17) is 9.47 Å². The third-order valence-corrected chi connectivity index (χ3v) is 7.05. The number of imide groups is 1. The van der Waals surface area contributed by atoms with E-state index in [2.05, 4.69) is 10.3 Å². The van der Waals surface area contributed by atoms with Gasteiger partial charge >= 0.3 is 6.03 Å². The molecule has 0 bridgehead atoms. The van der Waals surface area contributed by atoms with Crippen LogP contribution < -0.4 is 14.8 Å². The Hall–Kier alpha value is -3.66. The number of aromatic nitrogens is 1. The highest BCUT2D eigenvalue weighted by Crippen LogP contribution is 2.36. The van der Waals surface area contributed by atoms with Crippen LogP contribution in [0.4, 0.5) is 4.79 Å². The highest BCUT2D eigenvalue weighted by molar-refractivity contribution is 7.18. The van der Waals surface area contributed by atoms with Gasteiger partial charge in [0.15, 0.2) is 11.5 Å². The van der Waals surface area contributed by atoms with Gasteiger partial charge in [-0.25, -0.2) is 9.78 Å². The molecule has 3 aromatic rings. The number of likely N-dealkylation sites (N-methyl/N-ethyl adjacent to an activating group) is 1. The number of benzene rings is 2. The molecule has 2 aliphatic rings. The maximum atomic E-state index is 13.3. The second kappa shape index (κ2) is 8.60. The molecule has 1 fully saturated rings. The first kappa shape index (κ1) is 22.1. The second-order valence-electron chi connectivity index (χ2n) is 8.48. The van der Waals surface area contributed by atoms with E-state index in [1.807, 2.05) is 24.3 Å². The molecule has 1 aromatic heterocycles. The van der Waals surface area contributed by atoms with E-state index in [0.717, 1.165) is 26.5 Å². The number of hydrogen-bond acceptors (Lipinski definition) is 7. The smallest absolute Gasteiger partial charge is 0.325 e. The summed E-state index contributed by atoms with van der Waals surface area (Å²) in [5.74, 6) is 0.285. The number of nitrogens with zero attached hydrogens (tertiary/aromatic N) is 3. The molecule has 1 saturated heterocycles. The van der Waals surface area contributed by atoms with Crippen molar-refractivity contribution in [3.8, 4) is 11.5 Å². The van der Waals surface area contributed by atoms with Gasteiger partial charge in [0.2, 0.25) is 5.91 Å². The van der Waals surface area contributed by atoms with Gasteiger partial charge in [-0.1, -0.05) is 18.2 Å². The Kier molecular flexibility index (Phi) is 5.60. The van der Waals surface area contributed by atoms with Gasteiger partial charge in [0.05, 0.1) is 30.0 Å². The fourth-order valence-corrected chi connectivity index (χ4v) is 5.07. The Morgan fingerprint density at radius 3 is 2.74 bits per heavy atom. The third kappa shape index (κ3) is 3.94. The van der Waals surface area contributed by atoms with Gasteiger partial charge in [0, 0.05) is 13.5 Å². The van der Waals surface area contributed by atoms with Gasteiger partial charge in [-0.15, -0.1) is 11.3 Å². The highest BCUT2D eigenvalue weighted by atomic mass is 32.1. The Bertz CT molecular complexity index is 1260. The molecule has 2 aromatic carbocycles.